The number of rotatable bonds is 3. The van der Waals surface area contributed by atoms with Crippen LogP contribution in [0.4, 0.5) is 0 Å². The molecule has 1 fully saturated rings. The van der Waals surface area contributed by atoms with E-state index in [1.165, 1.54) is 4.31 Å². The maximum absolute atomic E-state index is 12.3. The highest BCUT2D eigenvalue weighted by Gasteiger charge is 2.40. The van der Waals surface area contributed by atoms with Gasteiger partial charge in [-0.3, -0.25) is 4.79 Å². The van der Waals surface area contributed by atoms with Crippen LogP contribution in [0.2, 0.25) is 0 Å². The summed E-state index contributed by atoms with van der Waals surface area (Å²) in [6.07, 6.45) is 0. The van der Waals surface area contributed by atoms with Crippen LogP contribution in [0.25, 0.3) is 0 Å². The zero-order valence-corrected chi connectivity index (χ0v) is 11.1. The lowest BCUT2D eigenvalue weighted by atomic mass is 10.0. The zero-order chi connectivity index (χ0) is 13.5. The fraction of sp³-hybridized carbons (Fsp3) is 0.417. The van der Waals surface area contributed by atoms with E-state index in [2.05, 4.69) is 0 Å². The Kier molecular flexibility index (Phi) is 3.16. The minimum Gasteiger partial charge on any atom is -0.481 e. The van der Waals surface area contributed by atoms with Gasteiger partial charge in [-0.25, -0.2) is 8.42 Å². The predicted octanol–water partition coefficient (Wildman–Crippen LogP) is 1.01. The molecule has 6 heteroatoms. The number of sulfonamides is 1. The van der Waals surface area contributed by atoms with E-state index >= 15 is 0 Å². The van der Waals surface area contributed by atoms with E-state index < -0.39 is 21.9 Å². The monoisotopic (exact) mass is 269 g/mol. The first-order chi connectivity index (χ1) is 8.32. The van der Waals surface area contributed by atoms with E-state index in [1.807, 2.05) is 13.0 Å². The van der Waals surface area contributed by atoms with Crippen LogP contribution in [-0.4, -0.2) is 36.9 Å². The molecule has 18 heavy (non-hydrogen) atoms. The summed E-state index contributed by atoms with van der Waals surface area (Å²) in [6.45, 7) is 3.69. The first-order valence-corrected chi connectivity index (χ1v) is 7.06. The summed E-state index contributed by atoms with van der Waals surface area (Å²) in [5.74, 6) is -1.52. The average Bonchev–Trinajstić information content (AvgIpc) is 2.18. The van der Waals surface area contributed by atoms with Gasteiger partial charge in [0.15, 0.2) is 0 Å². The molecular weight excluding hydrogens is 254 g/mol. The maximum atomic E-state index is 12.3. The van der Waals surface area contributed by atoms with Gasteiger partial charge < -0.3 is 5.11 Å². The molecule has 1 N–H and O–H groups in total. The molecule has 0 saturated carbocycles. The normalized spacial score (nSPS) is 17.4. The highest BCUT2D eigenvalue weighted by atomic mass is 32.2. The molecule has 1 aromatic rings. The Morgan fingerprint density at radius 2 is 1.94 bits per heavy atom. The third kappa shape index (κ3) is 2.13. The van der Waals surface area contributed by atoms with Crippen LogP contribution in [-0.2, 0) is 14.8 Å². The van der Waals surface area contributed by atoms with Crippen molar-refractivity contribution in [2.45, 2.75) is 18.7 Å². The number of hydrogen-bond acceptors (Lipinski definition) is 3. The fourth-order valence-electron chi connectivity index (χ4n) is 1.91. The van der Waals surface area contributed by atoms with Crippen LogP contribution >= 0.6 is 0 Å². The number of carboxylic acid groups (broad SMARTS) is 1. The molecule has 5 nitrogen and oxygen atoms in total. The van der Waals surface area contributed by atoms with Gasteiger partial charge in [0, 0.05) is 13.1 Å². The summed E-state index contributed by atoms with van der Waals surface area (Å²) in [4.78, 5) is 11.0. The van der Waals surface area contributed by atoms with Gasteiger partial charge in [0.25, 0.3) is 0 Å². The van der Waals surface area contributed by atoms with Gasteiger partial charge in [0.2, 0.25) is 10.0 Å². The molecule has 1 aromatic carbocycles. The molecule has 0 aromatic heterocycles. The minimum atomic E-state index is -3.55. The van der Waals surface area contributed by atoms with Crippen LogP contribution in [0.15, 0.2) is 23.1 Å². The lowest BCUT2D eigenvalue weighted by molar-refractivity contribution is -0.145. The Hall–Kier alpha value is -1.40. The van der Waals surface area contributed by atoms with Gasteiger partial charge >= 0.3 is 5.97 Å². The molecule has 1 aliphatic heterocycles. The maximum Gasteiger partial charge on any atom is 0.309 e. The van der Waals surface area contributed by atoms with Gasteiger partial charge in [-0.2, -0.15) is 4.31 Å². The quantitative estimate of drug-likeness (QED) is 0.888. The molecule has 0 radical (unpaired) electrons. The Morgan fingerprint density at radius 1 is 1.33 bits per heavy atom. The standard InChI is InChI=1S/C12H15NO4S/c1-8-3-4-9(2)11(5-8)18(16,17)13-6-10(7-13)12(14)15/h3-5,10H,6-7H2,1-2H3,(H,14,15). The second kappa shape index (κ2) is 4.37. The van der Waals surface area contributed by atoms with Crippen molar-refractivity contribution in [3.05, 3.63) is 29.3 Å². The summed E-state index contributed by atoms with van der Waals surface area (Å²) in [5, 5.41) is 8.76. The van der Waals surface area contributed by atoms with Crippen molar-refractivity contribution in [1.82, 2.24) is 4.31 Å². The van der Waals surface area contributed by atoms with Gasteiger partial charge in [-0.15, -0.1) is 0 Å². The molecule has 0 spiro atoms. The summed E-state index contributed by atoms with van der Waals surface area (Å²) in [6, 6.07) is 5.24. The second-order valence-corrected chi connectivity index (χ2v) is 6.53. The van der Waals surface area contributed by atoms with Crippen LogP contribution < -0.4 is 0 Å². The molecule has 2 rings (SSSR count). The van der Waals surface area contributed by atoms with Crippen molar-refractivity contribution < 1.29 is 18.3 Å². The number of aliphatic carboxylic acids is 1. The SMILES string of the molecule is Cc1ccc(C)c(S(=O)(=O)N2CC(C(=O)O)C2)c1. The van der Waals surface area contributed by atoms with E-state index in [1.54, 1.807) is 19.1 Å². The molecule has 1 saturated heterocycles. The van der Waals surface area contributed by atoms with Crippen LogP contribution in [0.1, 0.15) is 11.1 Å². The van der Waals surface area contributed by atoms with Crippen LogP contribution in [0.5, 0.6) is 0 Å². The topological polar surface area (TPSA) is 74.7 Å². The number of benzene rings is 1. The Balaban J connectivity index is 2.28. The van der Waals surface area contributed by atoms with E-state index in [0.29, 0.717) is 5.56 Å². The van der Waals surface area contributed by atoms with Crippen LogP contribution in [0, 0.1) is 19.8 Å². The van der Waals surface area contributed by atoms with Crippen LogP contribution in [0.3, 0.4) is 0 Å². The van der Waals surface area contributed by atoms with E-state index in [4.69, 9.17) is 5.11 Å². The van der Waals surface area contributed by atoms with Crippen molar-refractivity contribution in [1.29, 1.82) is 0 Å². The number of nitrogens with zero attached hydrogens (tertiary/aromatic N) is 1. The Labute approximate surface area is 106 Å². The number of aryl methyl sites for hydroxylation is 2. The van der Waals surface area contributed by atoms with Crippen molar-refractivity contribution >= 4 is 16.0 Å². The molecule has 1 heterocycles. The van der Waals surface area contributed by atoms with Gasteiger partial charge in [-0.05, 0) is 31.0 Å². The summed E-state index contributed by atoms with van der Waals surface area (Å²) < 4.78 is 25.8. The first kappa shape index (κ1) is 13.0. The minimum absolute atomic E-state index is 0.0606. The molecule has 98 valence electrons. The first-order valence-electron chi connectivity index (χ1n) is 5.62. The van der Waals surface area contributed by atoms with Crippen molar-refractivity contribution in [2.24, 2.45) is 5.92 Å². The highest BCUT2D eigenvalue weighted by molar-refractivity contribution is 7.89. The molecule has 1 aliphatic rings. The number of carbonyl (C=O) groups is 1. The Bertz CT molecular complexity index is 588. The molecule has 0 unspecified atom stereocenters. The summed E-state index contributed by atoms with van der Waals surface area (Å²) in [7, 11) is -3.55. The predicted molar refractivity (Wildman–Crippen MR) is 65.8 cm³/mol. The van der Waals surface area contributed by atoms with Crippen molar-refractivity contribution in [3.8, 4) is 0 Å². The molecule has 0 aliphatic carbocycles. The van der Waals surface area contributed by atoms with Crippen molar-refractivity contribution in [3.63, 3.8) is 0 Å². The number of carboxylic acids is 1. The smallest absolute Gasteiger partial charge is 0.309 e. The van der Waals surface area contributed by atoms with E-state index in [-0.39, 0.29) is 18.0 Å². The third-order valence-electron chi connectivity index (χ3n) is 3.16. The second-order valence-electron chi connectivity index (χ2n) is 4.63. The average molecular weight is 269 g/mol. The highest BCUT2D eigenvalue weighted by Crippen LogP contribution is 2.27. The molecule has 0 amide bonds. The Morgan fingerprint density at radius 3 is 2.50 bits per heavy atom. The zero-order valence-electron chi connectivity index (χ0n) is 10.3. The molecule has 0 atom stereocenters. The van der Waals surface area contributed by atoms with Gasteiger partial charge in [-0.1, -0.05) is 12.1 Å². The third-order valence-corrected chi connectivity index (χ3v) is 5.13. The summed E-state index contributed by atoms with van der Waals surface area (Å²) in [5.41, 5.74) is 1.55. The lowest BCUT2D eigenvalue weighted by Crippen LogP contribution is -2.52. The fourth-order valence-corrected chi connectivity index (χ4v) is 3.76. The van der Waals surface area contributed by atoms with E-state index in [0.717, 1.165) is 5.56 Å². The molecular formula is C12H15NO4S. The largest absolute Gasteiger partial charge is 0.481 e. The molecule has 0 bridgehead atoms. The summed E-state index contributed by atoms with van der Waals surface area (Å²) >= 11 is 0. The van der Waals surface area contributed by atoms with Crippen molar-refractivity contribution in [2.75, 3.05) is 13.1 Å². The van der Waals surface area contributed by atoms with Gasteiger partial charge in [0.1, 0.15) is 0 Å². The van der Waals surface area contributed by atoms with Gasteiger partial charge in [0.05, 0.1) is 10.8 Å². The lowest BCUT2D eigenvalue weighted by Gasteiger charge is -2.35. The number of hydrogen-bond donors (Lipinski definition) is 1. The van der Waals surface area contributed by atoms with E-state index in [9.17, 15) is 13.2 Å².